The first-order chi connectivity index (χ1) is 9.98. The van der Waals surface area contributed by atoms with E-state index in [0.29, 0.717) is 24.1 Å². The Hall–Kier alpha value is -1.66. The molecule has 6 heteroatoms. The molecule has 3 rings (SSSR count). The van der Waals surface area contributed by atoms with Gasteiger partial charge in [0.05, 0.1) is 0 Å². The van der Waals surface area contributed by atoms with Crippen LogP contribution < -0.4 is 5.63 Å². The van der Waals surface area contributed by atoms with Crippen LogP contribution in [0, 0.1) is 6.92 Å². The second-order valence-electron chi connectivity index (χ2n) is 5.40. The normalized spacial score (nSPS) is 17.2. The van der Waals surface area contributed by atoms with Gasteiger partial charge in [-0.1, -0.05) is 18.1 Å². The molecule has 1 aliphatic rings. The van der Waals surface area contributed by atoms with Gasteiger partial charge in [0, 0.05) is 18.5 Å². The molecular weight excluding hydrogens is 290 g/mol. The summed E-state index contributed by atoms with van der Waals surface area (Å²) in [5.41, 5.74) is 0.595. The van der Waals surface area contributed by atoms with Gasteiger partial charge in [0.1, 0.15) is 5.58 Å². The minimum atomic E-state index is -3.77. The largest absolute Gasteiger partial charge is 0.422 e. The molecule has 112 valence electrons. The van der Waals surface area contributed by atoms with Gasteiger partial charge in [-0.05, 0) is 38.0 Å². The number of piperidine rings is 1. The Kier molecular flexibility index (Phi) is 3.59. The number of sulfonamides is 1. The van der Waals surface area contributed by atoms with Crippen LogP contribution in [-0.4, -0.2) is 25.8 Å². The highest BCUT2D eigenvalue weighted by Crippen LogP contribution is 2.22. The van der Waals surface area contributed by atoms with E-state index in [4.69, 9.17) is 4.42 Å². The fourth-order valence-electron chi connectivity index (χ4n) is 2.65. The van der Waals surface area contributed by atoms with Gasteiger partial charge in [0.25, 0.3) is 0 Å². The first kappa shape index (κ1) is 14.3. The number of nitrogens with zero attached hydrogens (tertiary/aromatic N) is 1. The lowest BCUT2D eigenvalue weighted by molar-refractivity contribution is 0.345. The average molecular weight is 307 g/mol. The van der Waals surface area contributed by atoms with E-state index in [1.54, 1.807) is 6.07 Å². The maximum absolute atomic E-state index is 12.6. The lowest BCUT2D eigenvalue weighted by Crippen LogP contribution is -2.37. The number of benzene rings is 1. The monoisotopic (exact) mass is 307 g/mol. The van der Waals surface area contributed by atoms with Gasteiger partial charge < -0.3 is 4.42 Å². The number of aryl methyl sites for hydroxylation is 1. The molecule has 0 amide bonds. The summed E-state index contributed by atoms with van der Waals surface area (Å²) < 4.78 is 31.7. The van der Waals surface area contributed by atoms with Gasteiger partial charge in [-0.15, -0.1) is 0 Å². The van der Waals surface area contributed by atoms with Crippen LogP contribution in [0.15, 0.2) is 38.4 Å². The Morgan fingerprint density at radius 2 is 1.81 bits per heavy atom. The molecule has 2 aromatic rings. The van der Waals surface area contributed by atoms with Crippen LogP contribution in [0.25, 0.3) is 11.0 Å². The van der Waals surface area contributed by atoms with Crippen molar-refractivity contribution in [3.8, 4) is 0 Å². The van der Waals surface area contributed by atoms with Crippen molar-refractivity contribution in [2.75, 3.05) is 13.1 Å². The van der Waals surface area contributed by atoms with Crippen molar-refractivity contribution < 1.29 is 12.8 Å². The van der Waals surface area contributed by atoms with E-state index >= 15 is 0 Å². The highest BCUT2D eigenvalue weighted by molar-refractivity contribution is 7.89. The predicted molar refractivity (Wildman–Crippen MR) is 79.8 cm³/mol. The summed E-state index contributed by atoms with van der Waals surface area (Å²) in [6.07, 6.45) is 2.69. The summed E-state index contributed by atoms with van der Waals surface area (Å²) >= 11 is 0. The second kappa shape index (κ2) is 5.27. The van der Waals surface area contributed by atoms with E-state index in [0.717, 1.165) is 24.8 Å². The summed E-state index contributed by atoms with van der Waals surface area (Å²) in [5.74, 6) is 0. The van der Waals surface area contributed by atoms with Crippen molar-refractivity contribution in [1.29, 1.82) is 0 Å². The zero-order chi connectivity index (χ0) is 15.0. The summed E-state index contributed by atoms with van der Waals surface area (Å²) in [7, 11) is -3.77. The van der Waals surface area contributed by atoms with Crippen molar-refractivity contribution in [2.45, 2.75) is 31.1 Å². The third-order valence-electron chi connectivity index (χ3n) is 3.79. The minimum absolute atomic E-state index is 0.262. The zero-order valence-corrected chi connectivity index (χ0v) is 12.6. The van der Waals surface area contributed by atoms with Gasteiger partial charge in [0.15, 0.2) is 4.90 Å². The van der Waals surface area contributed by atoms with E-state index < -0.39 is 15.6 Å². The highest BCUT2D eigenvalue weighted by atomic mass is 32.2. The van der Waals surface area contributed by atoms with Crippen molar-refractivity contribution in [1.82, 2.24) is 4.31 Å². The van der Waals surface area contributed by atoms with E-state index in [2.05, 4.69) is 0 Å². The Balaban J connectivity index is 2.14. The Morgan fingerprint density at radius 3 is 2.52 bits per heavy atom. The molecule has 0 atom stereocenters. The number of fused-ring (bicyclic) bond motifs is 1. The molecule has 0 unspecified atom stereocenters. The quantitative estimate of drug-likeness (QED) is 0.798. The molecule has 1 fully saturated rings. The van der Waals surface area contributed by atoms with E-state index in [9.17, 15) is 13.2 Å². The molecular formula is C15H17NO4S. The Morgan fingerprint density at radius 1 is 1.10 bits per heavy atom. The van der Waals surface area contributed by atoms with Gasteiger partial charge in [-0.25, -0.2) is 13.2 Å². The summed E-state index contributed by atoms with van der Waals surface area (Å²) in [4.78, 5) is 11.8. The van der Waals surface area contributed by atoms with Gasteiger partial charge in [0.2, 0.25) is 10.0 Å². The molecule has 0 aliphatic carbocycles. The van der Waals surface area contributed by atoms with Crippen molar-refractivity contribution in [3.63, 3.8) is 0 Å². The Bertz CT molecular complexity index is 832. The lowest BCUT2D eigenvalue weighted by Gasteiger charge is -2.25. The first-order valence-electron chi connectivity index (χ1n) is 7.03. The van der Waals surface area contributed by atoms with Crippen molar-refractivity contribution in [2.24, 2.45) is 0 Å². The highest BCUT2D eigenvalue weighted by Gasteiger charge is 2.29. The van der Waals surface area contributed by atoms with Crippen molar-refractivity contribution >= 4 is 21.0 Å². The molecule has 0 bridgehead atoms. The lowest BCUT2D eigenvalue weighted by atomic mass is 10.2. The third-order valence-corrected chi connectivity index (χ3v) is 5.67. The molecule has 21 heavy (non-hydrogen) atoms. The molecule has 0 N–H and O–H groups in total. The van der Waals surface area contributed by atoms with E-state index in [1.165, 1.54) is 10.4 Å². The molecule has 1 aliphatic heterocycles. The Labute approximate surface area is 123 Å². The molecule has 0 saturated carbocycles. The van der Waals surface area contributed by atoms with Crippen LogP contribution in [0.3, 0.4) is 0 Å². The predicted octanol–water partition coefficient (Wildman–Crippen LogP) is 2.28. The number of hydrogen-bond acceptors (Lipinski definition) is 4. The third kappa shape index (κ3) is 2.61. The topological polar surface area (TPSA) is 67.6 Å². The summed E-state index contributed by atoms with van der Waals surface area (Å²) in [5, 5.41) is 0.630. The van der Waals surface area contributed by atoms with Crippen LogP contribution in [0.1, 0.15) is 24.8 Å². The van der Waals surface area contributed by atoms with Gasteiger partial charge >= 0.3 is 5.63 Å². The molecule has 1 aromatic heterocycles. The van der Waals surface area contributed by atoms with Crippen molar-refractivity contribution in [3.05, 3.63) is 40.2 Å². The molecule has 1 aromatic carbocycles. The smallest absolute Gasteiger partial charge is 0.356 e. The zero-order valence-electron chi connectivity index (χ0n) is 11.8. The second-order valence-corrected chi connectivity index (χ2v) is 7.31. The molecule has 1 saturated heterocycles. The van der Waals surface area contributed by atoms with Crippen LogP contribution in [0.4, 0.5) is 0 Å². The summed E-state index contributed by atoms with van der Waals surface area (Å²) in [6, 6.07) is 6.75. The SMILES string of the molecule is Cc1ccc2oc(=O)c(S(=O)(=O)N3CCCCC3)cc2c1. The number of hydrogen-bond donors (Lipinski definition) is 0. The van der Waals surface area contributed by atoms with E-state index in [1.807, 2.05) is 19.1 Å². The standard InChI is InChI=1S/C15H17NO4S/c1-11-5-6-13-12(9-11)10-14(15(17)20-13)21(18,19)16-7-3-2-4-8-16/h5-6,9-10H,2-4,7-8H2,1H3. The molecule has 5 nitrogen and oxygen atoms in total. The van der Waals surface area contributed by atoms with Crippen LogP contribution in [-0.2, 0) is 10.0 Å². The van der Waals surface area contributed by atoms with E-state index in [-0.39, 0.29) is 4.90 Å². The summed E-state index contributed by atoms with van der Waals surface area (Å²) in [6.45, 7) is 2.84. The first-order valence-corrected chi connectivity index (χ1v) is 8.47. The minimum Gasteiger partial charge on any atom is -0.422 e. The maximum atomic E-state index is 12.6. The molecule has 0 radical (unpaired) electrons. The average Bonchev–Trinajstić information content (AvgIpc) is 2.48. The fraction of sp³-hybridized carbons (Fsp3) is 0.400. The van der Waals surface area contributed by atoms with Gasteiger partial charge in [-0.3, -0.25) is 0 Å². The fourth-order valence-corrected chi connectivity index (χ4v) is 4.19. The number of rotatable bonds is 2. The van der Waals surface area contributed by atoms with Crippen LogP contribution in [0.5, 0.6) is 0 Å². The van der Waals surface area contributed by atoms with Crippen LogP contribution >= 0.6 is 0 Å². The maximum Gasteiger partial charge on any atom is 0.356 e. The van der Waals surface area contributed by atoms with Crippen LogP contribution in [0.2, 0.25) is 0 Å². The molecule has 2 heterocycles. The molecule has 0 spiro atoms. The van der Waals surface area contributed by atoms with Gasteiger partial charge in [-0.2, -0.15) is 4.31 Å².